The first-order chi connectivity index (χ1) is 14.7. The van der Waals surface area contributed by atoms with Crippen LogP contribution in [-0.4, -0.2) is 41.6 Å². The Morgan fingerprint density at radius 1 is 1.16 bits per heavy atom. The van der Waals surface area contributed by atoms with Crippen molar-refractivity contribution in [3.63, 3.8) is 0 Å². The molecule has 7 heteroatoms. The van der Waals surface area contributed by atoms with Crippen LogP contribution in [0.25, 0.3) is 0 Å². The maximum Gasteiger partial charge on any atom is 0.253 e. The van der Waals surface area contributed by atoms with Crippen LogP contribution in [0.15, 0.2) is 48.5 Å². The molecule has 31 heavy (non-hydrogen) atoms. The maximum atomic E-state index is 13.2. The van der Waals surface area contributed by atoms with E-state index in [0.29, 0.717) is 24.5 Å². The molecule has 1 saturated heterocycles. The van der Waals surface area contributed by atoms with Gasteiger partial charge in [0.25, 0.3) is 5.91 Å². The SMILES string of the molecule is CC(C)(C)[C@H](NC(=O)c1cccc(Oc2ccccc2)c1Cl)C(=O)N1CCC[C@H]1C=O. The molecule has 1 aliphatic rings. The zero-order valence-electron chi connectivity index (χ0n) is 17.9. The van der Waals surface area contributed by atoms with Crippen LogP contribution < -0.4 is 10.1 Å². The lowest BCUT2D eigenvalue weighted by Gasteiger charge is -2.34. The zero-order chi connectivity index (χ0) is 22.6. The van der Waals surface area contributed by atoms with E-state index in [0.717, 1.165) is 12.7 Å². The number of ether oxygens (including phenoxy) is 1. The number of hydrogen-bond acceptors (Lipinski definition) is 4. The van der Waals surface area contributed by atoms with E-state index in [-0.39, 0.29) is 16.5 Å². The fourth-order valence-electron chi connectivity index (χ4n) is 3.61. The minimum Gasteiger partial charge on any atom is -0.456 e. The second kappa shape index (κ2) is 9.52. The molecule has 2 amide bonds. The quantitative estimate of drug-likeness (QED) is 0.670. The number of rotatable bonds is 6. The van der Waals surface area contributed by atoms with Gasteiger partial charge in [0.1, 0.15) is 23.8 Å². The van der Waals surface area contributed by atoms with Crippen LogP contribution in [0.4, 0.5) is 0 Å². The molecular formula is C24H27ClN2O4. The van der Waals surface area contributed by atoms with E-state index in [9.17, 15) is 14.4 Å². The molecule has 2 atom stereocenters. The summed E-state index contributed by atoms with van der Waals surface area (Å²) in [7, 11) is 0. The Morgan fingerprint density at radius 2 is 1.87 bits per heavy atom. The molecule has 0 unspecified atom stereocenters. The van der Waals surface area contributed by atoms with Gasteiger partial charge in [-0.3, -0.25) is 9.59 Å². The predicted octanol–water partition coefficient (Wildman–Crippen LogP) is 4.47. The Hall–Kier alpha value is -2.86. The fraction of sp³-hybridized carbons (Fsp3) is 0.375. The molecule has 1 heterocycles. The van der Waals surface area contributed by atoms with Gasteiger partial charge in [-0.2, -0.15) is 0 Å². The molecule has 0 radical (unpaired) electrons. The van der Waals surface area contributed by atoms with Gasteiger partial charge in [0, 0.05) is 6.54 Å². The molecule has 0 bridgehead atoms. The Morgan fingerprint density at radius 3 is 2.52 bits per heavy atom. The lowest BCUT2D eigenvalue weighted by Crippen LogP contribution is -2.56. The summed E-state index contributed by atoms with van der Waals surface area (Å²) in [6.45, 7) is 6.13. The highest BCUT2D eigenvalue weighted by Crippen LogP contribution is 2.33. The molecular weight excluding hydrogens is 416 g/mol. The summed E-state index contributed by atoms with van der Waals surface area (Å²) in [4.78, 5) is 39.2. The van der Waals surface area contributed by atoms with Crippen molar-refractivity contribution in [3.05, 3.63) is 59.1 Å². The summed E-state index contributed by atoms with van der Waals surface area (Å²) in [6.07, 6.45) is 2.21. The maximum absolute atomic E-state index is 13.2. The van der Waals surface area contributed by atoms with Crippen molar-refractivity contribution in [2.24, 2.45) is 5.41 Å². The van der Waals surface area contributed by atoms with Crippen molar-refractivity contribution in [2.45, 2.75) is 45.7 Å². The monoisotopic (exact) mass is 442 g/mol. The van der Waals surface area contributed by atoms with Crippen LogP contribution in [-0.2, 0) is 9.59 Å². The minimum atomic E-state index is -0.810. The number of carbonyl (C=O) groups excluding carboxylic acids is 3. The number of para-hydroxylation sites is 1. The average Bonchev–Trinajstić information content (AvgIpc) is 3.22. The normalized spacial score (nSPS) is 17.2. The van der Waals surface area contributed by atoms with Gasteiger partial charge in [-0.05, 0) is 42.5 Å². The van der Waals surface area contributed by atoms with Crippen molar-refractivity contribution in [2.75, 3.05) is 6.54 Å². The first-order valence-electron chi connectivity index (χ1n) is 10.3. The largest absolute Gasteiger partial charge is 0.456 e. The molecule has 0 spiro atoms. The highest BCUT2D eigenvalue weighted by Gasteiger charge is 2.39. The number of benzene rings is 2. The molecule has 0 aliphatic carbocycles. The Bertz CT molecular complexity index is 956. The lowest BCUT2D eigenvalue weighted by molar-refractivity contribution is -0.138. The topological polar surface area (TPSA) is 75.7 Å². The number of nitrogens with zero attached hydrogens (tertiary/aromatic N) is 1. The van der Waals surface area contributed by atoms with E-state index < -0.39 is 23.4 Å². The number of aldehydes is 1. The first kappa shape index (κ1) is 22.8. The second-order valence-corrected chi connectivity index (χ2v) is 9.06. The van der Waals surface area contributed by atoms with Crippen LogP contribution in [0.1, 0.15) is 44.0 Å². The van der Waals surface area contributed by atoms with Crippen LogP contribution >= 0.6 is 11.6 Å². The van der Waals surface area contributed by atoms with Gasteiger partial charge in [-0.25, -0.2) is 0 Å². The summed E-state index contributed by atoms with van der Waals surface area (Å²) in [5, 5.41) is 3.00. The zero-order valence-corrected chi connectivity index (χ0v) is 18.7. The third-order valence-corrected chi connectivity index (χ3v) is 5.70. The number of likely N-dealkylation sites (tertiary alicyclic amines) is 1. The second-order valence-electron chi connectivity index (χ2n) is 8.68. The highest BCUT2D eigenvalue weighted by atomic mass is 35.5. The Balaban J connectivity index is 1.83. The third-order valence-electron chi connectivity index (χ3n) is 5.31. The van der Waals surface area contributed by atoms with Gasteiger partial charge in [0.15, 0.2) is 0 Å². The van der Waals surface area contributed by atoms with Gasteiger partial charge >= 0.3 is 0 Å². The van der Waals surface area contributed by atoms with E-state index in [1.54, 1.807) is 35.2 Å². The molecule has 2 aromatic carbocycles. The first-order valence-corrected chi connectivity index (χ1v) is 10.7. The summed E-state index contributed by atoms with van der Waals surface area (Å²) in [5.74, 6) is 0.209. The molecule has 1 aliphatic heterocycles. The molecule has 2 aromatic rings. The summed E-state index contributed by atoms with van der Waals surface area (Å²) >= 11 is 6.48. The minimum absolute atomic E-state index is 0.163. The molecule has 1 fully saturated rings. The van der Waals surface area contributed by atoms with Gasteiger partial charge in [0.05, 0.1) is 16.6 Å². The summed E-state index contributed by atoms with van der Waals surface area (Å²) in [5.41, 5.74) is -0.349. The van der Waals surface area contributed by atoms with E-state index >= 15 is 0 Å². The molecule has 6 nitrogen and oxygen atoms in total. The fourth-order valence-corrected chi connectivity index (χ4v) is 3.86. The standard InChI is InChI=1S/C24H27ClN2O4/c1-24(2,3)21(23(30)27-14-8-9-16(27)15-28)26-22(29)18-12-7-13-19(20(18)25)31-17-10-5-4-6-11-17/h4-7,10-13,15-16,21H,8-9,14H2,1-3H3,(H,26,29)/t16-,21+/m0/s1. The van der Waals surface area contributed by atoms with Crippen LogP contribution in [0.5, 0.6) is 11.5 Å². The van der Waals surface area contributed by atoms with Crippen molar-refractivity contribution in [1.82, 2.24) is 10.2 Å². The average molecular weight is 443 g/mol. The lowest BCUT2D eigenvalue weighted by atomic mass is 9.85. The number of carbonyl (C=O) groups is 3. The van der Waals surface area contributed by atoms with Gasteiger partial charge in [0.2, 0.25) is 5.91 Å². The Kier molecular flexibility index (Phi) is 7.01. The Labute approximate surface area is 187 Å². The number of hydrogen-bond donors (Lipinski definition) is 1. The van der Waals surface area contributed by atoms with Crippen molar-refractivity contribution >= 4 is 29.7 Å². The summed E-state index contributed by atoms with van der Waals surface area (Å²) < 4.78 is 5.80. The van der Waals surface area contributed by atoms with Crippen molar-refractivity contribution in [3.8, 4) is 11.5 Å². The van der Waals surface area contributed by atoms with E-state index in [1.807, 2.05) is 39.0 Å². The summed E-state index contributed by atoms with van der Waals surface area (Å²) in [6, 6.07) is 12.8. The van der Waals surface area contributed by atoms with Gasteiger partial charge in [-0.1, -0.05) is 56.6 Å². The molecule has 1 N–H and O–H groups in total. The van der Waals surface area contributed by atoms with Gasteiger partial charge < -0.3 is 19.7 Å². The van der Waals surface area contributed by atoms with Crippen molar-refractivity contribution in [1.29, 1.82) is 0 Å². The van der Waals surface area contributed by atoms with Gasteiger partial charge in [-0.15, -0.1) is 0 Å². The van der Waals surface area contributed by atoms with Crippen LogP contribution in [0.3, 0.4) is 0 Å². The predicted molar refractivity (Wildman–Crippen MR) is 119 cm³/mol. The smallest absolute Gasteiger partial charge is 0.253 e. The van der Waals surface area contributed by atoms with E-state index in [1.165, 1.54) is 0 Å². The third kappa shape index (κ3) is 5.25. The molecule has 0 saturated carbocycles. The van der Waals surface area contributed by atoms with Crippen molar-refractivity contribution < 1.29 is 19.1 Å². The molecule has 3 rings (SSSR count). The van der Waals surface area contributed by atoms with Crippen LogP contribution in [0, 0.1) is 5.41 Å². The molecule has 0 aromatic heterocycles. The number of amides is 2. The van der Waals surface area contributed by atoms with E-state index in [4.69, 9.17) is 16.3 Å². The number of halogens is 1. The van der Waals surface area contributed by atoms with Crippen LogP contribution in [0.2, 0.25) is 5.02 Å². The number of nitrogens with one attached hydrogen (secondary N) is 1. The molecule has 164 valence electrons. The highest BCUT2D eigenvalue weighted by molar-refractivity contribution is 6.35. The van der Waals surface area contributed by atoms with E-state index in [2.05, 4.69) is 5.32 Å².